The van der Waals surface area contributed by atoms with Gasteiger partial charge in [-0.2, -0.15) is 0 Å². The summed E-state index contributed by atoms with van der Waals surface area (Å²) in [6, 6.07) is 62.9. The van der Waals surface area contributed by atoms with Crippen LogP contribution >= 0.6 is 11.3 Å². The summed E-state index contributed by atoms with van der Waals surface area (Å²) in [6.45, 7) is 0. The van der Waals surface area contributed by atoms with Gasteiger partial charge in [-0.05, 0) is 68.7 Å². The molecule has 9 aromatic carbocycles. The molecule has 0 amide bonds. The molecular formula is C52H29N3OS. The van der Waals surface area contributed by atoms with Crippen molar-refractivity contribution in [2.75, 3.05) is 0 Å². The molecule has 5 heteroatoms. The number of thiophene rings is 1. The Morgan fingerprint density at radius 3 is 1.72 bits per heavy atom. The number of hydrogen-bond donors (Lipinski definition) is 0. The van der Waals surface area contributed by atoms with Crippen LogP contribution in [0.4, 0.5) is 0 Å². The maximum Gasteiger partial charge on any atom is 0.160 e. The van der Waals surface area contributed by atoms with Crippen LogP contribution in [0.1, 0.15) is 0 Å². The molecule has 0 N–H and O–H groups in total. The van der Waals surface area contributed by atoms with Gasteiger partial charge in [0.05, 0.1) is 32.6 Å². The molecule has 0 radical (unpaired) electrons. The van der Waals surface area contributed by atoms with Crippen molar-refractivity contribution in [1.29, 1.82) is 0 Å². The molecule has 264 valence electrons. The molecule has 0 aliphatic carbocycles. The second-order valence-corrected chi connectivity index (χ2v) is 15.9. The topological polar surface area (TPSA) is 43.9 Å². The minimum absolute atomic E-state index is 0.680. The minimum atomic E-state index is 0.680. The number of benzene rings is 9. The lowest BCUT2D eigenvalue weighted by Gasteiger charge is -2.13. The molecule has 0 bridgehead atoms. The van der Waals surface area contributed by atoms with Gasteiger partial charge in [0.15, 0.2) is 11.4 Å². The van der Waals surface area contributed by atoms with Crippen LogP contribution in [0.25, 0.3) is 125 Å². The molecule has 0 spiro atoms. The summed E-state index contributed by atoms with van der Waals surface area (Å²) in [6.07, 6.45) is 0. The monoisotopic (exact) mass is 743 g/mol. The largest absolute Gasteiger partial charge is 0.454 e. The van der Waals surface area contributed by atoms with Gasteiger partial charge in [0.1, 0.15) is 5.58 Å². The van der Waals surface area contributed by atoms with E-state index in [1.54, 1.807) is 11.3 Å². The van der Waals surface area contributed by atoms with Gasteiger partial charge in [-0.15, -0.1) is 11.3 Å². The van der Waals surface area contributed by atoms with Gasteiger partial charge in [-0.3, -0.25) is 0 Å². The molecule has 0 saturated heterocycles. The molecule has 0 unspecified atom stereocenters. The van der Waals surface area contributed by atoms with E-state index >= 15 is 0 Å². The van der Waals surface area contributed by atoms with Crippen molar-refractivity contribution < 1.29 is 4.42 Å². The summed E-state index contributed by atoms with van der Waals surface area (Å²) in [5.74, 6) is 0.680. The Hall–Kier alpha value is -7.34. The molecule has 13 aromatic rings. The number of fused-ring (bicyclic) bond motifs is 15. The first kappa shape index (κ1) is 30.9. The van der Waals surface area contributed by atoms with Gasteiger partial charge < -0.3 is 8.98 Å². The van der Waals surface area contributed by atoms with Crippen LogP contribution in [0, 0.1) is 0 Å². The van der Waals surface area contributed by atoms with Crippen LogP contribution < -0.4 is 0 Å². The van der Waals surface area contributed by atoms with Crippen molar-refractivity contribution in [2.45, 2.75) is 0 Å². The van der Waals surface area contributed by atoms with Crippen LogP contribution in [-0.4, -0.2) is 14.5 Å². The second kappa shape index (κ2) is 11.6. The standard InChI is InChI=1S/C52H29N3OS/c1-2-15-33(16-3-1)48-51-49(38-20-10-11-21-44(38)57-51)54-52(53-48)34-28-39-45-35-17-7-4-14-32(35)24-27-43(45)56-50(39)42(29-34)55-40-25-22-30-12-5-8-18-36(30)46(40)47-37-19-9-6-13-31(37)23-26-41(47)55/h1-29H. The zero-order valence-electron chi connectivity index (χ0n) is 30.4. The van der Waals surface area contributed by atoms with E-state index in [1.807, 2.05) is 0 Å². The fraction of sp³-hybridized carbons (Fsp3) is 0. The number of aromatic nitrogens is 3. The van der Waals surface area contributed by atoms with Crippen molar-refractivity contribution in [3.05, 3.63) is 176 Å². The maximum absolute atomic E-state index is 7.03. The summed E-state index contributed by atoms with van der Waals surface area (Å²) < 4.78 is 11.7. The Labute approximate surface area is 329 Å². The number of rotatable bonds is 3. The summed E-state index contributed by atoms with van der Waals surface area (Å²) in [4.78, 5) is 10.9. The van der Waals surface area contributed by atoms with Gasteiger partial charge in [-0.25, -0.2) is 9.97 Å². The van der Waals surface area contributed by atoms with E-state index in [0.717, 1.165) is 76.5 Å². The average molecular weight is 744 g/mol. The molecule has 57 heavy (non-hydrogen) atoms. The molecule has 4 nitrogen and oxygen atoms in total. The van der Waals surface area contributed by atoms with E-state index in [1.165, 1.54) is 42.4 Å². The highest BCUT2D eigenvalue weighted by Crippen LogP contribution is 2.46. The Bertz CT molecular complexity index is 3720. The first-order chi connectivity index (χ1) is 28.3. The van der Waals surface area contributed by atoms with Crippen molar-refractivity contribution in [2.24, 2.45) is 0 Å². The molecule has 0 saturated carbocycles. The predicted molar refractivity (Wildman–Crippen MR) is 240 cm³/mol. The molecule has 4 aromatic heterocycles. The van der Waals surface area contributed by atoms with Gasteiger partial charge in [0.2, 0.25) is 0 Å². The highest BCUT2D eigenvalue weighted by Gasteiger charge is 2.24. The molecule has 13 rings (SSSR count). The number of furan rings is 1. The summed E-state index contributed by atoms with van der Waals surface area (Å²) in [5, 5.41) is 12.9. The minimum Gasteiger partial charge on any atom is -0.454 e. The lowest BCUT2D eigenvalue weighted by Crippen LogP contribution is -1.98. The average Bonchev–Trinajstić information content (AvgIpc) is 3.96. The molecule has 0 aliphatic heterocycles. The Morgan fingerprint density at radius 2 is 1.04 bits per heavy atom. The first-order valence-electron chi connectivity index (χ1n) is 19.2. The number of nitrogens with zero attached hydrogens (tertiary/aromatic N) is 3. The lowest BCUT2D eigenvalue weighted by atomic mass is 10.00. The summed E-state index contributed by atoms with van der Waals surface area (Å²) >= 11 is 1.76. The van der Waals surface area contributed by atoms with E-state index in [9.17, 15) is 0 Å². The van der Waals surface area contributed by atoms with E-state index in [2.05, 4.69) is 180 Å². The lowest BCUT2D eigenvalue weighted by molar-refractivity contribution is 0.666. The molecule has 0 atom stereocenters. The van der Waals surface area contributed by atoms with Gasteiger partial charge in [-0.1, -0.05) is 140 Å². The van der Waals surface area contributed by atoms with Crippen LogP contribution in [-0.2, 0) is 0 Å². The van der Waals surface area contributed by atoms with Crippen molar-refractivity contribution >= 4 is 108 Å². The predicted octanol–water partition coefficient (Wildman–Crippen LogP) is 14.6. The van der Waals surface area contributed by atoms with E-state index in [4.69, 9.17) is 14.4 Å². The van der Waals surface area contributed by atoms with Crippen molar-refractivity contribution in [3.8, 4) is 28.3 Å². The molecule has 4 heterocycles. The molecule has 0 fully saturated rings. The Morgan fingerprint density at radius 1 is 0.456 bits per heavy atom. The quantitative estimate of drug-likeness (QED) is 0.181. The summed E-state index contributed by atoms with van der Waals surface area (Å²) in [7, 11) is 0. The second-order valence-electron chi connectivity index (χ2n) is 14.9. The zero-order valence-corrected chi connectivity index (χ0v) is 31.2. The van der Waals surface area contributed by atoms with E-state index in [-0.39, 0.29) is 0 Å². The Balaban J connectivity index is 1.22. The smallest absolute Gasteiger partial charge is 0.160 e. The fourth-order valence-corrected chi connectivity index (χ4v) is 10.4. The van der Waals surface area contributed by atoms with Crippen molar-refractivity contribution in [3.63, 3.8) is 0 Å². The number of hydrogen-bond acceptors (Lipinski definition) is 4. The third-order valence-electron chi connectivity index (χ3n) is 11.8. The SMILES string of the molecule is c1ccc(-c2nc(-c3cc(-n4c5ccc6ccccc6c5c5c6ccccc6ccc54)c4oc5ccc6ccccc6c5c4c3)nc3c2sc2ccccc23)cc1. The fourth-order valence-electron chi connectivity index (χ4n) is 9.25. The third kappa shape index (κ3) is 4.37. The van der Waals surface area contributed by atoms with Gasteiger partial charge in [0.25, 0.3) is 0 Å². The highest BCUT2D eigenvalue weighted by atomic mass is 32.1. The van der Waals surface area contributed by atoms with E-state index < -0.39 is 0 Å². The van der Waals surface area contributed by atoms with Crippen LogP contribution in [0.3, 0.4) is 0 Å². The van der Waals surface area contributed by atoms with Gasteiger partial charge in [0, 0.05) is 42.8 Å². The highest BCUT2D eigenvalue weighted by molar-refractivity contribution is 7.26. The van der Waals surface area contributed by atoms with Gasteiger partial charge >= 0.3 is 0 Å². The zero-order chi connectivity index (χ0) is 37.2. The molecule has 0 aliphatic rings. The molecular weight excluding hydrogens is 715 g/mol. The summed E-state index contributed by atoms with van der Waals surface area (Å²) in [5.41, 5.74) is 8.78. The van der Waals surface area contributed by atoms with Crippen LogP contribution in [0.2, 0.25) is 0 Å². The Kier molecular flexibility index (Phi) is 6.29. The normalized spacial score (nSPS) is 12.2. The maximum atomic E-state index is 7.03. The van der Waals surface area contributed by atoms with E-state index in [0.29, 0.717) is 5.82 Å². The van der Waals surface area contributed by atoms with Crippen molar-refractivity contribution in [1.82, 2.24) is 14.5 Å². The third-order valence-corrected chi connectivity index (χ3v) is 12.9. The van der Waals surface area contributed by atoms with Crippen LogP contribution in [0.5, 0.6) is 0 Å². The van der Waals surface area contributed by atoms with Crippen LogP contribution in [0.15, 0.2) is 180 Å². The first-order valence-corrected chi connectivity index (χ1v) is 20.1.